The van der Waals surface area contributed by atoms with Gasteiger partial charge in [-0.05, 0) is 31.9 Å². The second-order valence-electron chi connectivity index (χ2n) is 8.03. The summed E-state index contributed by atoms with van der Waals surface area (Å²) >= 11 is 0. The minimum atomic E-state index is 0.00751. The van der Waals surface area contributed by atoms with Crippen molar-refractivity contribution in [3.8, 4) is 11.4 Å². The van der Waals surface area contributed by atoms with Crippen LogP contribution in [0, 0.1) is 6.92 Å². The first-order valence-corrected chi connectivity index (χ1v) is 11.0. The number of pyridine rings is 1. The van der Waals surface area contributed by atoms with Crippen LogP contribution in [0.25, 0.3) is 11.4 Å². The second kappa shape index (κ2) is 9.37. The highest BCUT2D eigenvalue weighted by Crippen LogP contribution is 2.36. The van der Waals surface area contributed by atoms with Crippen LogP contribution in [0.4, 0.5) is 17.6 Å². The average Bonchev–Trinajstić information content (AvgIpc) is 3.59. The lowest BCUT2D eigenvalue weighted by molar-refractivity contribution is 0.201. The number of rotatable bonds is 8. The maximum absolute atomic E-state index is 5.74. The molecule has 0 radical (unpaired) electrons. The molecular formula is C23H26N8O2. The van der Waals surface area contributed by atoms with Crippen LogP contribution in [0.1, 0.15) is 36.0 Å². The van der Waals surface area contributed by atoms with Gasteiger partial charge in [0, 0.05) is 50.2 Å². The van der Waals surface area contributed by atoms with E-state index in [0.29, 0.717) is 30.6 Å². The Morgan fingerprint density at radius 2 is 2.12 bits per heavy atom. The molecule has 0 spiro atoms. The van der Waals surface area contributed by atoms with Gasteiger partial charge < -0.3 is 19.5 Å². The Balaban J connectivity index is 1.44. The molecule has 5 rings (SSSR count). The molecule has 33 heavy (non-hydrogen) atoms. The first kappa shape index (κ1) is 21.1. The number of anilines is 3. The summed E-state index contributed by atoms with van der Waals surface area (Å²) in [5.74, 6) is 2.84. The predicted molar refractivity (Wildman–Crippen MR) is 123 cm³/mol. The van der Waals surface area contributed by atoms with E-state index in [1.54, 1.807) is 13.3 Å². The molecule has 1 atom stereocenters. The van der Waals surface area contributed by atoms with Gasteiger partial charge in [-0.3, -0.25) is 10.1 Å². The van der Waals surface area contributed by atoms with Crippen molar-refractivity contribution in [3.63, 3.8) is 0 Å². The zero-order chi connectivity index (χ0) is 22.6. The maximum atomic E-state index is 5.74. The lowest BCUT2D eigenvalue weighted by atomic mass is 10.1. The Morgan fingerprint density at radius 3 is 2.91 bits per heavy atom. The number of methoxy groups -OCH3 is 1. The molecule has 10 nitrogen and oxygen atoms in total. The summed E-state index contributed by atoms with van der Waals surface area (Å²) in [7, 11) is 1.69. The topological polar surface area (TPSA) is 118 Å². The van der Waals surface area contributed by atoms with Gasteiger partial charge in [-0.2, -0.15) is 10.1 Å². The van der Waals surface area contributed by atoms with E-state index < -0.39 is 0 Å². The van der Waals surface area contributed by atoms with Crippen LogP contribution in [0.2, 0.25) is 0 Å². The van der Waals surface area contributed by atoms with Crippen molar-refractivity contribution in [2.24, 2.45) is 0 Å². The minimum Gasteiger partial charge on any atom is -0.384 e. The van der Waals surface area contributed by atoms with E-state index in [9.17, 15) is 0 Å². The molecule has 1 saturated heterocycles. The van der Waals surface area contributed by atoms with Crippen molar-refractivity contribution in [1.29, 1.82) is 0 Å². The molecule has 10 heteroatoms. The summed E-state index contributed by atoms with van der Waals surface area (Å²) in [5.41, 5.74) is 3.38. The van der Waals surface area contributed by atoms with Crippen LogP contribution in [-0.4, -0.2) is 50.6 Å². The normalized spacial score (nSPS) is 15.8. The summed E-state index contributed by atoms with van der Waals surface area (Å²) < 4.78 is 11.0. The van der Waals surface area contributed by atoms with Crippen molar-refractivity contribution in [1.82, 2.24) is 30.3 Å². The lowest BCUT2D eigenvalue weighted by Gasteiger charge is -2.23. The Morgan fingerprint density at radius 1 is 1.18 bits per heavy atom. The molecule has 0 amide bonds. The van der Waals surface area contributed by atoms with E-state index >= 15 is 0 Å². The zero-order valence-electron chi connectivity index (χ0n) is 18.7. The number of hydrogen-bond acceptors (Lipinski definition) is 9. The SMILES string of the molecule is COCCc1cc(Nc2cc(C)[nH]n2)nc(N2CCCC2c2cc(-c3ccccn3)no2)n1. The molecule has 0 bridgehead atoms. The van der Waals surface area contributed by atoms with Gasteiger partial charge >= 0.3 is 0 Å². The van der Waals surface area contributed by atoms with E-state index in [4.69, 9.17) is 19.2 Å². The number of hydrogen-bond donors (Lipinski definition) is 2. The van der Waals surface area contributed by atoms with Crippen LogP contribution >= 0.6 is 0 Å². The molecule has 1 aliphatic heterocycles. The van der Waals surface area contributed by atoms with Gasteiger partial charge in [0.25, 0.3) is 0 Å². The first-order valence-electron chi connectivity index (χ1n) is 11.0. The number of H-pyrrole nitrogens is 1. The molecule has 1 fully saturated rings. The number of ether oxygens (including phenoxy) is 1. The van der Waals surface area contributed by atoms with Crippen LogP contribution in [0.15, 0.2) is 47.1 Å². The van der Waals surface area contributed by atoms with Gasteiger partial charge in [0.2, 0.25) is 5.95 Å². The second-order valence-corrected chi connectivity index (χ2v) is 8.03. The molecule has 1 unspecified atom stereocenters. The van der Waals surface area contributed by atoms with Gasteiger partial charge in [-0.1, -0.05) is 11.2 Å². The summed E-state index contributed by atoms with van der Waals surface area (Å²) in [6, 6.07) is 11.6. The average molecular weight is 447 g/mol. The number of aromatic amines is 1. The molecule has 4 aromatic heterocycles. The number of nitrogens with zero attached hydrogens (tertiary/aromatic N) is 6. The van der Waals surface area contributed by atoms with Crippen LogP contribution < -0.4 is 10.2 Å². The fourth-order valence-electron chi connectivity index (χ4n) is 4.01. The van der Waals surface area contributed by atoms with E-state index in [1.807, 2.05) is 43.3 Å². The fraction of sp³-hybridized carbons (Fsp3) is 0.348. The molecule has 0 saturated carbocycles. The van der Waals surface area contributed by atoms with Crippen molar-refractivity contribution in [3.05, 3.63) is 59.7 Å². The Bertz CT molecular complexity index is 1210. The summed E-state index contributed by atoms with van der Waals surface area (Å²) in [6.07, 6.45) is 4.38. The van der Waals surface area contributed by atoms with Crippen LogP contribution in [0.5, 0.6) is 0 Å². The standard InChI is InChI=1S/C23H26N8O2/c1-15-12-22(29-28-15)26-21-13-16(8-11-32-2)25-23(27-21)31-10-5-7-19(31)20-14-18(30-33-20)17-6-3-4-9-24-17/h3-4,6,9,12-14,19H,5,7-8,10-11H2,1-2H3,(H2,25,26,27,28,29). The smallest absolute Gasteiger partial charge is 0.228 e. The molecule has 4 aromatic rings. The summed E-state index contributed by atoms with van der Waals surface area (Å²) in [5, 5.41) is 14.7. The van der Waals surface area contributed by atoms with Crippen molar-refractivity contribution < 1.29 is 9.26 Å². The van der Waals surface area contributed by atoms with Crippen LogP contribution in [-0.2, 0) is 11.2 Å². The molecule has 0 aromatic carbocycles. The van der Waals surface area contributed by atoms with E-state index in [1.165, 1.54) is 0 Å². The Hall–Kier alpha value is -3.79. The fourth-order valence-corrected chi connectivity index (χ4v) is 4.01. The van der Waals surface area contributed by atoms with E-state index in [2.05, 4.69) is 30.6 Å². The molecule has 1 aliphatic rings. The van der Waals surface area contributed by atoms with E-state index in [-0.39, 0.29) is 6.04 Å². The molecule has 0 aliphatic carbocycles. The predicted octanol–water partition coefficient (Wildman–Crippen LogP) is 3.83. The highest BCUT2D eigenvalue weighted by molar-refractivity contribution is 5.56. The molecule has 2 N–H and O–H groups in total. The van der Waals surface area contributed by atoms with Crippen LogP contribution in [0.3, 0.4) is 0 Å². The number of aromatic nitrogens is 6. The highest BCUT2D eigenvalue weighted by atomic mass is 16.5. The quantitative estimate of drug-likeness (QED) is 0.416. The lowest BCUT2D eigenvalue weighted by Crippen LogP contribution is -2.25. The molecular weight excluding hydrogens is 420 g/mol. The van der Waals surface area contributed by atoms with Crippen molar-refractivity contribution in [2.75, 3.05) is 30.5 Å². The van der Waals surface area contributed by atoms with Gasteiger partial charge in [-0.15, -0.1) is 0 Å². The van der Waals surface area contributed by atoms with Gasteiger partial charge in [0.1, 0.15) is 11.5 Å². The summed E-state index contributed by atoms with van der Waals surface area (Å²) in [4.78, 5) is 16.2. The largest absolute Gasteiger partial charge is 0.384 e. The minimum absolute atomic E-state index is 0.00751. The third-order valence-electron chi connectivity index (χ3n) is 5.59. The number of aryl methyl sites for hydroxylation is 1. The molecule has 5 heterocycles. The summed E-state index contributed by atoms with van der Waals surface area (Å²) in [6.45, 7) is 3.37. The third kappa shape index (κ3) is 4.70. The van der Waals surface area contributed by atoms with E-state index in [0.717, 1.165) is 47.9 Å². The zero-order valence-corrected chi connectivity index (χ0v) is 18.7. The van der Waals surface area contributed by atoms with Gasteiger partial charge in [-0.25, -0.2) is 4.98 Å². The Kier molecular flexibility index (Phi) is 5.99. The monoisotopic (exact) mass is 446 g/mol. The highest BCUT2D eigenvalue weighted by Gasteiger charge is 2.32. The van der Waals surface area contributed by atoms with Gasteiger partial charge in [0.05, 0.1) is 24.0 Å². The number of nitrogens with one attached hydrogen (secondary N) is 2. The van der Waals surface area contributed by atoms with Gasteiger partial charge in [0.15, 0.2) is 11.6 Å². The third-order valence-corrected chi connectivity index (χ3v) is 5.59. The first-order chi connectivity index (χ1) is 16.2. The van der Waals surface area contributed by atoms with Crippen molar-refractivity contribution in [2.45, 2.75) is 32.2 Å². The Labute approximate surface area is 191 Å². The van der Waals surface area contributed by atoms with Crippen molar-refractivity contribution >= 4 is 17.6 Å². The molecule has 170 valence electrons. The maximum Gasteiger partial charge on any atom is 0.228 e.